The molecular weight excluding hydrogens is 386 g/mol. The summed E-state index contributed by atoms with van der Waals surface area (Å²) in [5.74, 6) is -0.485. The van der Waals surface area contributed by atoms with Crippen LogP contribution in [0.5, 0.6) is 5.75 Å². The molecule has 1 heterocycles. The van der Waals surface area contributed by atoms with E-state index in [1.54, 1.807) is 19.2 Å². The molecule has 3 rings (SSSR count). The summed E-state index contributed by atoms with van der Waals surface area (Å²) in [6.07, 6.45) is 0.903. The Labute approximate surface area is 174 Å². The number of carbonyl (C=O) groups is 3. The van der Waals surface area contributed by atoms with Gasteiger partial charge in [0.2, 0.25) is 5.91 Å². The van der Waals surface area contributed by atoms with Gasteiger partial charge in [-0.15, -0.1) is 0 Å². The minimum absolute atomic E-state index is 0.108. The minimum atomic E-state index is -0.698. The number of pyridine rings is 1. The zero-order chi connectivity index (χ0) is 21.9. The molecule has 1 aliphatic rings. The SMILES string of the molecule is COc1ccc(CNC(=O)CNC(=O)c2cc3c([nH]c2=O)CC(C)(C)CC3=O)cc1. The molecule has 158 valence electrons. The quantitative estimate of drug-likeness (QED) is 0.667. The summed E-state index contributed by atoms with van der Waals surface area (Å²) in [5.41, 5.74) is 0.806. The number of benzene rings is 1. The first-order valence-electron chi connectivity index (χ1n) is 9.66. The number of aromatic nitrogens is 1. The smallest absolute Gasteiger partial charge is 0.261 e. The number of ether oxygens (including phenoxy) is 1. The number of H-pyrrole nitrogens is 1. The highest BCUT2D eigenvalue weighted by Gasteiger charge is 2.32. The average molecular weight is 411 g/mol. The van der Waals surface area contributed by atoms with Gasteiger partial charge in [-0.05, 0) is 35.6 Å². The van der Waals surface area contributed by atoms with Crippen LogP contribution in [0.4, 0.5) is 0 Å². The lowest BCUT2D eigenvalue weighted by molar-refractivity contribution is -0.120. The highest BCUT2D eigenvalue weighted by molar-refractivity contribution is 6.02. The van der Waals surface area contributed by atoms with Crippen LogP contribution >= 0.6 is 0 Å². The van der Waals surface area contributed by atoms with E-state index < -0.39 is 17.4 Å². The summed E-state index contributed by atoms with van der Waals surface area (Å²) in [5, 5.41) is 5.12. The summed E-state index contributed by atoms with van der Waals surface area (Å²) in [6, 6.07) is 8.55. The van der Waals surface area contributed by atoms with Crippen LogP contribution in [0.1, 0.15) is 52.2 Å². The van der Waals surface area contributed by atoms with Crippen LogP contribution in [0.15, 0.2) is 35.1 Å². The number of nitrogens with one attached hydrogen (secondary N) is 3. The number of rotatable bonds is 6. The fraction of sp³-hybridized carbons (Fsp3) is 0.364. The number of carbonyl (C=O) groups excluding carboxylic acids is 3. The minimum Gasteiger partial charge on any atom is -0.497 e. The lowest BCUT2D eigenvalue weighted by atomic mass is 9.75. The molecule has 0 radical (unpaired) electrons. The van der Waals surface area contributed by atoms with Crippen LogP contribution in [-0.4, -0.2) is 36.2 Å². The molecule has 0 fully saturated rings. The van der Waals surface area contributed by atoms with Crippen molar-refractivity contribution >= 4 is 17.6 Å². The molecule has 30 heavy (non-hydrogen) atoms. The van der Waals surface area contributed by atoms with Crippen molar-refractivity contribution < 1.29 is 19.1 Å². The van der Waals surface area contributed by atoms with Crippen molar-refractivity contribution in [3.63, 3.8) is 0 Å². The number of hydrogen-bond acceptors (Lipinski definition) is 5. The monoisotopic (exact) mass is 411 g/mol. The van der Waals surface area contributed by atoms with Gasteiger partial charge in [0.1, 0.15) is 11.3 Å². The molecule has 0 bridgehead atoms. The van der Waals surface area contributed by atoms with Crippen LogP contribution in [0.3, 0.4) is 0 Å². The fourth-order valence-corrected chi connectivity index (χ4v) is 3.46. The number of hydrogen-bond donors (Lipinski definition) is 3. The van der Waals surface area contributed by atoms with E-state index >= 15 is 0 Å². The molecule has 1 aromatic carbocycles. The lowest BCUT2D eigenvalue weighted by Crippen LogP contribution is -2.39. The largest absolute Gasteiger partial charge is 0.497 e. The first kappa shape index (κ1) is 21.3. The second kappa shape index (κ2) is 8.52. The van der Waals surface area contributed by atoms with Gasteiger partial charge in [0.15, 0.2) is 5.78 Å². The standard InChI is InChI=1S/C22H25N3O5/c1-22(2)9-17-15(18(26)10-22)8-16(21(29)25-17)20(28)24-12-19(27)23-11-13-4-6-14(30-3)7-5-13/h4-8H,9-12H2,1-3H3,(H,23,27)(H,24,28)(H,25,29). The molecule has 0 spiro atoms. The van der Waals surface area contributed by atoms with Gasteiger partial charge in [-0.2, -0.15) is 0 Å². The van der Waals surface area contributed by atoms with Crippen molar-refractivity contribution in [2.24, 2.45) is 5.41 Å². The topological polar surface area (TPSA) is 117 Å². The normalized spacial score (nSPS) is 14.6. The molecule has 0 atom stereocenters. The van der Waals surface area contributed by atoms with Crippen molar-refractivity contribution in [1.82, 2.24) is 15.6 Å². The van der Waals surface area contributed by atoms with E-state index in [4.69, 9.17) is 4.74 Å². The summed E-state index contributed by atoms with van der Waals surface area (Å²) >= 11 is 0. The number of methoxy groups -OCH3 is 1. The Morgan fingerprint density at radius 2 is 1.80 bits per heavy atom. The Kier molecular flexibility index (Phi) is 6.05. The summed E-state index contributed by atoms with van der Waals surface area (Å²) in [6.45, 7) is 3.92. The van der Waals surface area contributed by atoms with E-state index in [9.17, 15) is 19.2 Å². The van der Waals surface area contributed by atoms with Crippen molar-refractivity contribution in [2.75, 3.05) is 13.7 Å². The van der Waals surface area contributed by atoms with E-state index in [0.29, 0.717) is 30.6 Å². The number of amides is 2. The Morgan fingerprint density at radius 3 is 2.47 bits per heavy atom. The summed E-state index contributed by atoms with van der Waals surface area (Å²) in [4.78, 5) is 51.8. The van der Waals surface area contributed by atoms with Gasteiger partial charge in [-0.1, -0.05) is 26.0 Å². The van der Waals surface area contributed by atoms with Gasteiger partial charge in [0.25, 0.3) is 11.5 Å². The first-order chi connectivity index (χ1) is 14.2. The predicted octanol–water partition coefficient (Wildman–Crippen LogP) is 1.58. The third kappa shape index (κ3) is 4.94. The zero-order valence-electron chi connectivity index (χ0n) is 17.3. The molecule has 3 N–H and O–H groups in total. The number of ketones is 1. The Bertz CT molecular complexity index is 1040. The Balaban J connectivity index is 1.59. The van der Waals surface area contributed by atoms with Gasteiger partial charge in [0, 0.05) is 24.2 Å². The highest BCUT2D eigenvalue weighted by Crippen LogP contribution is 2.33. The first-order valence-corrected chi connectivity index (χ1v) is 9.66. The maximum atomic E-state index is 12.4. The van der Waals surface area contributed by atoms with Gasteiger partial charge in [-0.3, -0.25) is 19.2 Å². The third-order valence-corrected chi connectivity index (χ3v) is 5.02. The molecule has 0 aliphatic heterocycles. The molecule has 8 nitrogen and oxygen atoms in total. The Morgan fingerprint density at radius 1 is 1.10 bits per heavy atom. The summed E-state index contributed by atoms with van der Waals surface area (Å²) in [7, 11) is 1.57. The molecule has 2 amide bonds. The molecule has 0 saturated heterocycles. The predicted molar refractivity (Wildman–Crippen MR) is 111 cm³/mol. The number of Topliss-reactive ketones (excluding diaryl/α,β-unsaturated/α-hetero) is 1. The molecule has 0 saturated carbocycles. The molecule has 0 unspecified atom stereocenters. The molecular formula is C22H25N3O5. The van der Waals surface area contributed by atoms with Crippen molar-refractivity contribution in [3.05, 3.63) is 63.1 Å². The van der Waals surface area contributed by atoms with Gasteiger partial charge < -0.3 is 20.4 Å². The van der Waals surface area contributed by atoms with Crippen molar-refractivity contribution in [2.45, 2.75) is 33.2 Å². The highest BCUT2D eigenvalue weighted by atomic mass is 16.5. The maximum Gasteiger partial charge on any atom is 0.261 e. The van der Waals surface area contributed by atoms with Crippen LogP contribution in [-0.2, 0) is 17.8 Å². The van der Waals surface area contributed by atoms with Crippen LogP contribution < -0.4 is 20.9 Å². The lowest BCUT2D eigenvalue weighted by Gasteiger charge is -2.29. The molecule has 2 aromatic rings. The Hall–Kier alpha value is -3.42. The number of fused-ring (bicyclic) bond motifs is 1. The van der Waals surface area contributed by atoms with Crippen LogP contribution in [0.2, 0.25) is 0 Å². The van der Waals surface area contributed by atoms with Crippen LogP contribution in [0, 0.1) is 5.41 Å². The maximum absolute atomic E-state index is 12.4. The molecule has 1 aliphatic carbocycles. The van der Waals surface area contributed by atoms with Gasteiger partial charge in [0.05, 0.1) is 13.7 Å². The van der Waals surface area contributed by atoms with Crippen molar-refractivity contribution in [1.29, 1.82) is 0 Å². The van der Waals surface area contributed by atoms with E-state index in [0.717, 1.165) is 11.3 Å². The second-order valence-electron chi connectivity index (χ2n) is 8.15. The van der Waals surface area contributed by atoms with Crippen LogP contribution in [0.25, 0.3) is 0 Å². The second-order valence-corrected chi connectivity index (χ2v) is 8.15. The van der Waals surface area contributed by atoms with E-state index in [-0.39, 0.29) is 23.3 Å². The zero-order valence-corrected chi connectivity index (χ0v) is 17.3. The van der Waals surface area contributed by atoms with E-state index in [2.05, 4.69) is 15.6 Å². The number of aromatic amines is 1. The average Bonchev–Trinajstić information content (AvgIpc) is 2.69. The van der Waals surface area contributed by atoms with Gasteiger partial charge >= 0.3 is 0 Å². The van der Waals surface area contributed by atoms with E-state index in [1.165, 1.54) is 6.07 Å². The van der Waals surface area contributed by atoms with Crippen molar-refractivity contribution in [3.8, 4) is 5.75 Å². The summed E-state index contributed by atoms with van der Waals surface area (Å²) < 4.78 is 5.08. The fourth-order valence-electron chi connectivity index (χ4n) is 3.46. The molecule has 8 heteroatoms. The third-order valence-electron chi connectivity index (χ3n) is 5.02. The van der Waals surface area contributed by atoms with Gasteiger partial charge in [-0.25, -0.2) is 0 Å². The molecule has 1 aromatic heterocycles. The van der Waals surface area contributed by atoms with E-state index in [1.807, 2.05) is 26.0 Å².